The van der Waals surface area contributed by atoms with E-state index in [9.17, 15) is 86.5 Å². The van der Waals surface area contributed by atoms with Crippen molar-refractivity contribution in [2.45, 2.75) is 251 Å². The van der Waals surface area contributed by atoms with E-state index >= 15 is 0 Å². The first-order valence-corrected chi connectivity index (χ1v) is 30.3. The first-order chi connectivity index (χ1) is 40.4. The van der Waals surface area contributed by atoms with Gasteiger partial charge in [-0.2, -0.15) is 0 Å². The van der Waals surface area contributed by atoms with E-state index in [1.54, 1.807) is 0 Å². The lowest BCUT2D eigenvalue weighted by atomic mass is 9.43. The Morgan fingerprint density at radius 3 is 1.59 bits per heavy atom. The molecule has 85 heavy (non-hydrogen) atoms. The number of carbonyl (C=O) groups excluding carboxylic acids is 1. The molecule has 1 spiro atoms. The van der Waals surface area contributed by atoms with Crippen molar-refractivity contribution < 1.29 is 143 Å². The normalized spacial score (nSPS) is 57.1. The third-order valence-electron chi connectivity index (χ3n) is 22.0. The van der Waals surface area contributed by atoms with Crippen molar-refractivity contribution in [3.8, 4) is 0 Å². The van der Waals surface area contributed by atoms with Gasteiger partial charge in [-0.05, 0) is 84.9 Å². The van der Waals surface area contributed by atoms with Crippen LogP contribution in [0.15, 0.2) is 0 Å². The lowest BCUT2D eigenvalue weighted by Gasteiger charge is -2.62. The Bertz CT molecular complexity index is 2260. The van der Waals surface area contributed by atoms with E-state index in [1.807, 2.05) is 0 Å². The molecule has 7 heterocycles. The van der Waals surface area contributed by atoms with E-state index in [4.69, 9.17) is 56.8 Å². The van der Waals surface area contributed by atoms with Crippen LogP contribution in [-0.2, 0) is 61.6 Å². The third kappa shape index (κ3) is 11.2. The molecule has 29 nitrogen and oxygen atoms in total. The van der Waals surface area contributed by atoms with E-state index in [0.717, 1.165) is 32.1 Å². The van der Waals surface area contributed by atoms with Gasteiger partial charge in [-0.1, -0.05) is 27.7 Å². The van der Waals surface area contributed by atoms with Crippen molar-refractivity contribution in [1.29, 1.82) is 0 Å². The number of carbonyl (C=O) groups is 1. The Labute approximate surface area is 490 Å². The molecule has 16 N–H and O–H groups in total. The molecule has 7 saturated heterocycles. The minimum atomic E-state index is -2.23. The second-order valence-electron chi connectivity index (χ2n) is 26.7. The molecule has 0 unspecified atom stereocenters. The molecular formula is C56H90O29. The SMILES string of the molecule is C[C@@H]1CC[C@@]2(OC1)O[C@H]1C[C@H]3[C@@H]4C[C@@H](O)[C@H]5C[C@@H](O[C@@H]6O[C@H](CO)[C@H](O[C@@H]7O[C@H](CO)[C@@H](O)[C@H](O[C@@H]8O[C@H](CO)[C@H](O)[C@H]8O)[C@H]7O[C@@H]7O[C@H](CO)[C@@H](O)[C@H](O[C@@H]8O[C@H](CO)[C@@H](O)[C@H](O)[C@H]8O)[C@H]7O)[C@H](O)[C@H]6O)C(=O)C[C@]5(C)[C@H]4CC[C@]3(C)[C@H]1[C@@H]2C. The molecule has 29 heteroatoms. The number of fused-ring (bicyclic) bond motifs is 7. The zero-order valence-electron chi connectivity index (χ0n) is 48.0. The summed E-state index contributed by atoms with van der Waals surface area (Å²) in [4.78, 5) is 14.5. The van der Waals surface area contributed by atoms with Crippen molar-refractivity contribution in [1.82, 2.24) is 0 Å². The second kappa shape index (κ2) is 25.2. The minimum Gasteiger partial charge on any atom is -0.394 e. The fraction of sp³-hybridized carbons (Fsp3) is 0.982. The smallest absolute Gasteiger partial charge is 0.187 e. The lowest BCUT2D eigenvalue weighted by Crippen LogP contribution is -2.68. The van der Waals surface area contributed by atoms with Crippen LogP contribution in [0.1, 0.15) is 79.1 Å². The molecule has 0 radical (unpaired) electrons. The zero-order chi connectivity index (χ0) is 61.1. The summed E-state index contributed by atoms with van der Waals surface area (Å²) >= 11 is 0. The summed E-state index contributed by atoms with van der Waals surface area (Å²) in [5.74, 6) is 0.209. The topological polar surface area (TPSA) is 452 Å². The molecule has 0 aromatic rings. The summed E-state index contributed by atoms with van der Waals surface area (Å²) in [5.41, 5.74) is -0.653. The van der Waals surface area contributed by atoms with Gasteiger partial charge < -0.3 is 139 Å². The molecule has 37 atom stereocenters. The fourth-order valence-corrected chi connectivity index (χ4v) is 17.3. The predicted molar refractivity (Wildman–Crippen MR) is 277 cm³/mol. The number of rotatable bonds is 15. The van der Waals surface area contributed by atoms with Crippen molar-refractivity contribution in [3.63, 3.8) is 0 Å². The molecule has 0 aromatic carbocycles. The largest absolute Gasteiger partial charge is 0.394 e. The first kappa shape index (κ1) is 65.1. The number of ether oxygens (including phenoxy) is 12. The highest BCUT2D eigenvalue weighted by molar-refractivity contribution is 5.85. The molecular weight excluding hydrogens is 1140 g/mol. The number of aliphatic hydroxyl groups is 16. The Hall–Kier alpha value is -1.45. The number of hydrogen-bond donors (Lipinski definition) is 16. The van der Waals surface area contributed by atoms with Crippen molar-refractivity contribution in [3.05, 3.63) is 0 Å². The van der Waals surface area contributed by atoms with Gasteiger partial charge in [-0.25, -0.2) is 0 Å². The summed E-state index contributed by atoms with van der Waals surface area (Å²) in [6.45, 7) is 4.95. The fourth-order valence-electron chi connectivity index (χ4n) is 17.3. The molecule has 4 saturated carbocycles. The monoisotopic (exact) mass is 1230 g/mol. The lowest BCUT2D eigenvalue weighted by molar-refractivity contribution is -0.405. The Balaban J connectivity index is 0.801. The van der Waals surface area contributed by atoms with Gasteiger partial charge in [0, 0.05) is 18.8 Å². The van der Waals surface area contributed by atoms with E-state index in [0.29, 0.717) is 24.9 Å². The summed E-state index contributed by atoms with van der Waals surface area (Å²) in [5, 5.41) is 175. The molecule has 11 fully saturated rings. The van der Waals surface area contributed by atoms with E-state index in [2.05, 4.69) is 27.7 Å². The van der Waals surface area contributed by atoms with Crippen LogP contribution in [0.2, 0.25) is 0 Å². The highest BCUT2D eigenvalue weighted by Crippen LogP contribution is 2.71. The molecule has 0 amide bonds. The number of ketones is 1. The number of hydrogen-bond acceptors (Lipinski definition) is 29. The molecule has 0 bridgehead atoms. The Morgan fingerprint density at radius 2 is 0.976 bits per heavy atom. The molecule has 488 valence electrons. The first-order valence-electron chi connectivity index (χ1n) is 30.3. The van der Waals surface area contributed by atoms with Gasteiger partial charge in [0.05, 0.1) is 51.8 Å². The van der Waals surface area contributed by atoms with Crippen molar-refractivity contribution >= 4 is 5.78 Å². The van der Waals surface area contributed by atoms with Gasteiger partial charge in [0.1, 0.15) is 122 Å². The maximum Gasteiger partial charge on any atom is 0.187 e. The van der Waals surface area contributed by atoms with Gasteiger partial charge in [-0.15, -0.1) is 0 Å². The van der Waals surface area contributed by atoms with Gasteiger partial charge in [0.2, 0.25) is 0 Å². The van der Waals surface area contributed by atoms with Crippen LogP contribution in [0.5, 0.6) is 0 Å². The van der Waals surface area contributed by atoms with Crippen LogP contribution < -0.4 is 0 Å². The van der Waals surface area contributed by atoms with E-state index in [-0.39, 0.29) is 53.8 Å². The average molecular weight is 1230 g/mol. The standard InChI is InChI=1S/C56H90O29/c1-19-5-8-56(74-18-19)20(2)34-28(85-56)10-23-21-9-25(62)24-11-27(26(63)12-55(24,4)22(21)6-7-54(23,34)3)75-49-43(72)40(69)45(33(17-61)80-49)81-53-48(47(38(67)32(16-60)79-53)83-50-41(70)36(65)30(14-58)77-50)84-52-44(73)46(37(66)31(15-59)78-52)82-51-42(71)39(68)35(64)29(13-57)76-51/h19-25,27-53,57-62,64-73H,5-18H2,1-4H3/t19-,20+,21-,22+,23+,24-,25-,27-,28+,29-,30-,31-,32-,33-,34+,35-,36+,37-,38-,39+,40-,41-,42-,43-,44-,45+,46+,47+,48-,49-,50+,51+,52+,53+,54+,55-,56-/m1/s1. The van der Waals surface area contributed by atoms with Crippen molar-refractivity contribution in [2.75, 3.05) is 39.6 Å². The number of Topliss-reactive ketones (excluding diaryl/α,β-unsaturated/α-hetero) is 1. The van der Waals surface area contributed by atoms with Crippen molar-refractivity contribution in [2.24, 2.45) is 52.3 Å². The van der Waals surface area contributed by atoms with Crippen LogP contribution in [0, 0.1) is 52.3 Å². The van der Waals surface area contributed by atoms with Gasteiger partial charge in [0.25, 0.3) is 0 Å². The second-order valence-corrected chi connectivity index (χ2v) is 26.7. The maximum absolute atomic E-state index is 14.5. The highest BCUT2D eigenvalue weighted by Gasteiger charge is 2.71. The Kier molecular flexibility index (Phi) is 19.3. The average Bonchev–Trinajstić information content (AvgIpc) is 1.62. The third-order valence-corrected chi connectivity index (χ3v) is 22.0. The zero-order valence-corrected chi connectivity index (χ0v) is 48.0. The molecule has 7 aliphatic heterocycles. The van der Waals surface area contributed by atoms with E-state index < -0.39 is 210 Å². The summed E-state index contributed by atoms with van der Waals surface area (Å²) in [7, 11) is 0. The van der Waals surface area contributed by atoms with Gasteiger partial charge in [-0.3, -0.25) is 4.79 Å². The van der Waals surface area contributed by atoms with Crippen LogP contribution in [0.3, 0.4) is 0 Å². The predicted octanol–water partition coefficient (Wildman–Crippen LogP) is -6.30. The maximum atomic E-state index is 14.5. The van der Waals surface area contributed by atoms with Crippen LogP contribution in [0.4, 0.5) is 0 Å². The van der Waals surface area contributed by atoms with E-state index in [1.165, 1.54) is 0 Å². The molecule has 0 aromatic heterocycles. The molecule has 4 aliphatic carbocycles. The summed E-state index contributed by atoms with van der Waals surface area (Å²) in [6, 6.07) is 0. The molecule has 11 aliphatic rings. The van der Waals surface area contributed by atoms with Crippen LogP contribution in [-0.4, -0.2) is 299 Å². The van der Waals surface area contributed by atoms with Crippen LogP contribution >= 0.6 is 0 Å². The number of aliphatic hydroxyl groups excluding tert-OH is 16. The van der Waals surface area contributed by atoms with Crippen LogP contribution in [0.25, 0.3) is 0 Å². The quantitative estimate of drug-likeness (QED) is 0.0678. The van der Waals surface area contributed by atoms with Gasteiger partial charge in [0.15, 0.2) is 43.0 Å². The highest BCUT2D eigenvalue weighted by atomic mass is 16.8. The summed E-state index contributed by atoms with van der Waals surface area (Å²) in [6.07, 6.45) is -42.4. The van der Waals surface area contributed by atoms with Gasteiger partial charge >= 0.3 is 0 Å². The Morgan fingerprint density at radius 1 is 0.471 bits per heavy atom. The minimum absolute atomic E-state index is 0.0362. The molecule has 11 rings (SSSR count). The summed E-state index contributed by atoms with van der Waals surface area (Å²) < 4.78 is 72.7.